The van der Waals surface area contributed by atoms with Crippen LogP contribution in [-0.4, -0.2) is 29.4 Å². The van der Waals surface area contributed by atoms with E-state index >= 15 is 0 Å². The zero-order valence-corrected chi connectivity index (χ0v) is 16.9. The van der Waals surface area contributed by atoms with Gasteiger partial charge in [0, 0.05) is 35.8 Å². The Morgan fingerprint density at radius 1 is 1.22 bits per heavy atom. The van der Waals surface area contributed by atoms with Crippen LogP contribution >= 0.6 is 11.8 Å². The van der Waals surface area contributed by atoms with E-state index in [1.807, 2.05) is 30.1 Å². The average molecular weight is 385 g/mol. The molecule has 0 radical (unpaired) electrons. The molecule has 1 aliphatic heterocycles. The number of nitrogens with zero attached hydrogens (tertiary/aromatic N) is 1. The van der Waals surface area contributed by atoms with Crippen molar-refractivity contribution in [2.75, 3.05) is 13.2 Å². The summed E-state index contributed by atoms with van der Waals surface area (Å²) in [4.78, 5) is 18.2. The molecule has 1 N–H and O–H groups in total. The molecule has 0 spiro atoms. The minimum absolute atomic E-state index is 0.00845. The highest BCUT2D eigenvalue weighted by molar-refractivity contribution is 7.99. The van der Waals surface area contributed by atoms with Crippen LogP contribution in [0.4, 0.5) is 0 Å². The van der Waals surface area contributed by atoms with Crippen molar-refractivity contribution in [3.05, 3.63) is 59.9 Å². The van der Waals surface area contributed by atoms with Gasteiger partial charge in [-0.2, -0.15) is 0 Å². The Labute approximate surface area is 166 Å². The van der Waals surface area contributed by atoms with Crippen LogP contribution in [0.5, 0.6) is 0 Å². The van der Waals surface area contributed by atoms with Crippen LogP contribution in [0, 0.1) is 5.92 Å². The van der Waals surface area contributed by atoms with Crippen molar-refractivity contribution in [2.24, 2.45) is 5.92 Å². The summed E-state index contributed by atoms with van der Waals surface area (Å²) in [7, 11) is 0. The molecule has 0 bridgehead atoms. The predicted molar refractivity (Wildman–Crippen MR) is 110 cm³/mol. The van der Waals surface area contributed by atoms with E-state index in [0.29, 0.717) is 17.6 Å². The van der Waals surface area contributed by atoms with Gasteiger partial charge < -0.3 is 10.1 Å². The second kappa shape index (κ2) is 9.90. The molecular weight excluding hydrogens is 356 g/mol. The first-order chi connectivity index (χ1) is 13.1. The first-order valence-corrected chi connectivity index (χ1v) is 10.5. The first kappa shape index (κ1) is 19.9. The summed E-state index contributed by atoms with van der Waals surface area (Å²) in [6.07, 6.45) is 5.94. The molecule has 2 aromatic rings. The van der Waals surface area contributed by atoms with Gasteiger partial charge in [0.25, 0.3) is 0 Å². The third-order valence-electron chi connectivity index (χ3n) is 4.76. The topological polar surface area (TPSA) is 51.2 Å². The number of carbonyl (C=O) groups excluding carboxylic acids is 1. The number of benzene rings is 1. The number of aromatic nitrogens is 1. The second-order valence-electron chi connectivity index (χ2n) is 7.27. The van der Waals surface area contributed by atoms with Gasteiger partial charge in [-0.05, 0) is 48.1 Å². The number of amides is 1. The Balaban J connectivity index is 1.65. The summed E-state index contributed by atoms with van der Waals surface area (Å²) in [6, 6.07) is 12.3. The second-order valence-corrected chi connectivity index (χ2v) is 8.92. The number of carbonyl (C=O) groups is 1. The molecule has 4 nitrogen and oxygen atoms in total. The molecule has 5 heteroatoms. The summed E-state index contributed by atoms with van der Waals surface area (Å²) in [6.45, 7) is 5.88. The minimum Gasteiger partial charge on any atom is -0.381 e. The molecule has 0 unspecified atom stereocenters. The molecule has 1 aromatic heterocycles. The fourth-order valence-electron chi connectivity index (χ4n) is 3.45. The molecule has 1 aromatic carbocycles. The van der Waals surface area contributed by atoms with Gasteiger partial charge in [-0.15, -0.1) is 11.8 Å². The van der Waals surface area contributed by atoms with Gasteiger partial charge >= 0.3 is 0 Å². The zero-order valence-electron chi connectivity index (χ0n) is 16.1. The maximum absolute atomic E-state index is 12.7. The number of thioether (sulfide) groups is 1. The highest BCUT2D eigenvalue weighted by Crippen LogP contribution is 2.30. The number of nitrogens with one attached hydrogen (secondary N) is 1. The summed E-state index contributed by atoms with van der Waals surface area (Å²) in [5.41, 5.74) is 2.11. The van der Waals surface area contributed by atoms with Crippen molar-refractivity contribution in [1.82, 2.24) is 10.3 Å². The lowest BCUT2D eigenvalue weighted by atomic mass is 9.87. The summed E-state index contributed by atoms with van der Waals surface area (Å²) >= 11 is 1.83. The Morgan fingerprint density at radius 3 is 2.59 bits per heavy atom. The molecule has 1 fully saturated rings. The zero-order chi connectivity index (χ0) is 19.1. The monoisotopic (exact) mass is 384 g/mol. The van der Waals surface area contributed by atoms with Crippen LogP contribution in [0.15, 0.2) is 53.7 Å². The van der Waals surface area contributed by atoms with E-state index in [-0.39, 0.29) is 11.9 Å². The van der Waals surface area contributed by atoms with Gasteiger partial charge in [0.15, 0.2) is 0 Å². The number of hydrogen-bond acceptors (Lipinski definition) is 4. The molecular formula is C22H28N2O2S. The third kappa shape index (κ3) is 6.08. The maximum atomic E-state index is 12.7. The predicted octanol–water partition coefficient (Wildman–Crippen LogP) is 4.41. The number of hydrogen-bond donors (Lipinski definition) is 1. The van der Waals surface area contributed by atoms with Crippen molar-refractivity contribution >= 4 is 17.7 Å². The average Bonchev–Trinajstić information content (AvgIpc) is 2.69. The molecule has 3 rings (SSSR count). The Morgan fingerprint density at radius 2 is 1.96 bits per heavy atom. The van der Waals surface area contributed by atoms with Gasteiger partial charge in [0.05, 0.1) is 12.5 Å². The van der Waals surface area contributed by atoms with Crippen LogP contribution in [0.2, 0.25) is 0 Å². The quantitative estimate of drug-likeness (QED) is 0.719. The molecule has 0 saturated carbocycles. The number of rotatable bonds is 7. The number of ether oxygens (including phenoxy) is 1. The highest BCUT2D eigenvalue weighted by Gasteiger charge is 2.27. The SMILES string of the molecule is CC(C)Sc1ccc(CC(=O)N[C@@H](c2cccnc2)C2CCOCC2)cc1. The standard InChI is InChI=1S/C22H28N2O2S/c1-16(2)27-20-7-5-17(6-8-20)14-21(25)24-22(18-9-12-26-13-10-18)19-4-3-11-23-15-19/h3-8,11,15-16,18,22H,9-10,12-14H2,1-2H3,(H,24,25)/t22-/m1/s1. The van der Waals surface area contributed by atoms with Crippen LogP contribution < -0.4 is 5.32 Å². The first-order valence-electron chi connectivity index (χ1n) is 9.64. The van der Waals surface area contributed by atoms with E-state index in [1.165, 1.54) is 4.90 Å². The van der Waals surface area contributed by atoms with Crippen molar-refractivity contribution in [3.8, 4) is 0 Å². The Hall–Kier alpha value is -1.85. The van der Waals surface area contributed by atoms with E-state index < -0.39 is 0 Å². The molecule has 0 aliphatic carbocycles. The molecule has 1 atom stereocenters. The highest BCUT2D eigenvalue weighted by atomic mass is 32.2. The molecule has 27 heavy (non-hydrogen) atoms. The summed E-state index contributed by atoms with van der Waals surface area (Å²) < 4.78 is 5.49. The third-order valence-corrected chi connectivity index (χ3v) is 5.77. The fourth-order valence-corrected chi connectivity index (χ4v) is 4.29. The molecule has 144 valence electrons. The van der Waals surface area contributed by atoms with E-state index in [2.05, 4.69) is 48.4 Å². The Bertz CT molecular complexity index is 713. The lowest BCUT2D eigenvalue weighted by molar-refractivity contribution is -0.121. The van der Waals surface area contributed by atoms with Crippen molar-refractivity contribution in [3.63, 3.8) is 0 Å². The van der Waals surface area contributed by atoms with Crippen LogP contribution in [-0.2, 0) is 16.0 Å². The molecule has 1 saturated heterocycles. The summed E-state index contributed by atoms with van der Waals surface area (Å²) in [5, 5.41) is 3.81. The fraction of sp³-hybridized carbons (Fsp3) is 0.455. The maximum Gasteiger partial charge on any atom is 0.224 e. The van der Waals surface area contributed by atoms with Gasteiger partial charge in [0.1, 0.15) is 0 Å². The summed E-state index contributed by atoms with van der Waals surface area (Å²) in [5.74, 6) is 0.441. The van der Waals surface area contributed by atoms with Crippen LogP contribution in [0.25, 0.3) is 0 Å². The molecule has 1 aliphatic rings. The van der Waals surface area contributed by atoms with Crippen molar-refractivity contribution in [2.45, 2.75) is 49.3 Å². The van der Waals surface area contributed by atoms with Crippen LogP contribution in [0.3, 0.4) is 0 Å². The van der Waals surface area contributed by atoms with E-state index in [9.17, 15) is 4.79 Å². The van der Waals surface area contributed by atoms with E-state index in [0.717, 1.165) is 37.2 Å². The van der Waals surface area contributed by atoms with E-state index in [4.69, 9.17) is 4.74 Å². The van der Waals surface area contributed by atoms with Crippen molar-refractivity contribution in [1.29, 1.82) is 0 Å². The molecule has 2 heterocycles. The van der Waals surface area contributed by atoms with Gasteiger partial charge in [0.2, 0.25) is 5.91 Å². The van der Waals surface area contributed by atoms with Gasteiger partial charge in [-0.25, -0.2) is 0 Å². The lowest BCUT2D eigenvalue weighted by Gasteiger charge is -2.31. The minimum atomic E-state index is -0.00845. The Kier molecular flexibility index (Phi) is 7.30. The smallest absolute Gasteiger partial charge is 0.224 e. The van der Waals surface area contributed by atoms with Crippen molar-refractivity contribution < 1.29 is 9.53 Å². The molecule has 1 amide bonds. The number of pyridine rings is 1. The van der Waals surface area contributed by atoms with Gasteiger partial charge in [-0.3, -0.25) is 9.78 Å². The lowest BCUT2D eigenvalue weighted by Crippen LogP contribution is -2.36. The van der Waals surface area contributed by atoms with Gasteiger partial charge in [-0.1, -0.05) is 32.0 Å². The van der Waals surface area contributed by atoms with Crippen LogP contribution in [0.1, 0.15) is 43.9 Å². The van der Waals surface area contributed by atoms with E-state index in [1.54, 1.807) is 6.20 Å². The normalized spacial score (nSPS) is 16.3. The largest absolute Gasteiger partial charge is 0.381 e.